The topological polar surface area (TPSA) is 87.7 Å². The number of anilines is 2. The van der Waals surface area contributed by atoms with Crippen LogP contribution in [0.2, 0.25) is 0 Å². The molecule has 0 spiro atoms. The summed E-state index contributed by atoms with van der Waals surface area (Å²) in [7, 11) is 1.52. The summed E-state index contributed by atoms with van der Waals surface area (Å²) in [4.78, 5) is 38.3. The van der Waals surface area contributed by atoms with E-state index in [1.165, 1.54) is 18.9 Å². The first-order chi connectivity index (χ1) is 13.9. The standard InChI is InChI=1S/C22H23N3O4/c1-14-4-6-16(7-5-14)19-20(22(28)25(21(19)27)12-13-29-3)24-18-10-8-17(9-11-18)23-15(2)26/h4-11,24H,12-13H2,1-3H3,(H,23,26). The molecule has 1 heterocycles. The maximum absolute atomic E-state index is 13.0. The molecule has 150 valence electrons. The number of carbonyl (C=O) groups excluding carboxylic acids is 3. The maximum atomic E-state index is 13.0. The number of benzene rings is 2. The van der Waals surface area contributed by atoms with Crippen LogP contribution in [0, 0.1) is 6.92 Å². The van der Waals surface area contributed by atoms with Gasteiger partial charge in [-0.3, -0.25) is 19.3 Å². The van der Waals surface area contributed by atoms with Crippen LogP contribution >= 0.6 is 0 Å². The van der Waals surface area contributed by atoms with Crippen molar-refractivity contribution in [1.29, 1.82) is 0 Å². The van der Waals surface area contributed by atoms with Crippen molar-refractivity contribution in [3.8, 4) is 0 Å². The summed E-state index contributed by atoms with van der Waals surface area (Å²) in [6, 6.07) is 14.4. The lowest BCUT2D eigenvalue weighted by molar-refractivity contribution is -0.137. The minimum atomic E-state index is -0.395. The van der Waals surface area contributed by atoms with Gasteiger partial charge in [0.15, 0.2) is 0 Å². The Morgan fingerprint density at radius 1 is 0.966 bits per heavy atom. The molecule has 0 bridgehead atoms. The highest BCUT2D eigenvalue weighted by molar-refractivity contribution is 6.36. The SMILES string of the molecule is COCCN1C(=O)C(Nc2ccc(NC(C)=O)cc2)=C(c2ccc(C)cc2)C1=O. The minimum Gasteiger partial charge on any atom is -0.383 e. The van der Waals surface area contributed by atoms with Crippen molar-refractivity contribution < 1.29 is 19.1 Å². The summed E-state index contributed by atoms with van der Waals surface area (Å²) < 4.78 is 5.04. The number of aryl methyl sites for hydroxylation is 1. The zero-order chi connectivity index (χ0) is 21.0. The van der Waals surface area contributed by atoms with Gasteiger partial charge in [0.1, 0.15) is 5.70 Å². The number of nitrogens with zero attached hydrogens (tertiary/aromatic N) is 1. The van der Waals surface area contributed by atoms with Crippen LogP contribution in [0.1, 0.15) is 18.1 Å². The Labute approximate surface area is 169 Å². The molecule has 1 aliphatic heterocycles. The smallest absolute Gasteiger partial charge is 0.278 e. The Balaban J connectivity index is 1.95. The number of nitrogens with one attached hydrogen (secondary N) is 2. The number of ether oxygens (including phenoxy) is 1. The molecule has 2 aromatic rings. The molecule has 29 heavy (non-hydrogen) atoms. The van der Waals surface area contributed by atoms with Crippen molar-refractivity contribution in [3.63, 3.8) is 0 Å². The van der Waals surface area contributed by atoms with Crippen LogP contribution in [-0.2, 0) is 19.1 Å². The fourth-order valence-corrected chi connectivity index (χ4v) is 3.05. The molecule has 1 aliphatic rings. The third kappa shape index (κ3) is 4.52. The van der Waals surface area contributed by atoms with E-state index in [2.05, 4.69) is 10.6 Å². The van der Waals surface area contributed by atoms with Crippen LogP contribution in [0.15, 0.2) is 54.2 Å². The van der Waals surface area contributed by atoms with Crippen LogP contribution in [0.5, 0.6) is 0 Å². The van der Waals surface area contributed by atoms with Gasteiger partial charge < -0.3 is 15.4 Å². The van der Waals surface area contributed by atoms with Gasteiger partial charge in [-0.2, -0.15) is 0 Å². The van der Waals surface area contributed by atoms with E-state index in [1.807, 2.05) is 31.2 Å². The van der Waals surface area contributed by atoms with Gasteiger partial charge in [-0.25, -0.2) is 0 Å². The number of hydrogen-bond donors (Lipinski definition) is 2. The van der Waals surface area contributed by atoms with E-state index < -0.39 is 5.91 Å². The second-order valence-electron chi connectivity index (χ2n) is 6.75. The van der Waals surface area contributed by atoms with E-state index in [9.17, 15) is 14.4 Å². The van der Waals surface area contributed by atoms with Crippen molar-refractivity contribution in [2.45, 2.75) is 13.8 Å². The predicted molar refractivity (Wildman–Crippen MR) is 111 cm³/mol. The zero-order valence-corrected chi connectivity index (χ0v) is 16.6. The first kappa shape index (κ1) is 20.3. The van der Waals surface area contributed by atoms with E-state index in [0.717, 1.165) is 5.56 Å². The molecule has 2 N–H and O–H groups in total. The first-order valence-corrected chi connectivity index (χ1v) is 9.22. The monoisotopic (exact) mass is 393 g/mol. The van der Waals surface area contributed by atoms with Crippen molar-refractivity contribution in [2.24, 2.45) is 0 Å². The molecule has 3 rings (SSSR count). The highest BCUT2D eigenvalue weighted by Gasteiger charge is 2.38. The number of rotatable bonds is 7. The van der Waals surface area contributed by atoms with Gasteiger partial charge >= 0.3 is 0 Å². The molecule has 0 aromatic heterocycles. The largest absolute Gasteiger partial charge is 0.383 e. The summed E-state index contributed by atoms with van der Waals surface area (Å²) in [5.74, 6) is -0.915. The average molecular weight is 393 g/mol. The second-order valence-corrected chi connectivity index (χ2v) is 6.75. The van der Waals surface area contributed by atoms with Gasteiger partial charge in [0, 0.05) is 25.4 Å². The summed E-state index contributed by atoms with van der Waals surface area (Å²) in [5.41, 5.74) is 3.57. The average Bonchev–Trinajstić information content (AvgIpc) is 2.92. The van der Waals surface area contributed by atoms with Gasteiger partial charge in [0.25, 0.3) is 11.8 Å². The van der Waals surface area contributed by atoms with Gasteiger partial charge in [-0.1, -0.05) is 29.8 Å². The van der Waals surface area contributed by atoms with Crippen LogP contribution < -0.4 is 10.6 Å². The molecule has 7 heteroatoms. The Bertz CT molecular complexity index is 963. The molecule has 0 fully saturated rings. The van der Waals surface area contributed by atoms with E-state index in [0.29, 0.717) is 22.5 Å². The lowest BCUT2D eigenvalue weighted by atomic mass is 10.0. The Morgan fingerprint density at radius 3 is 2.17 bits per heavy atom. The van der Waals surface area contributed by atoms with Crippen molar-refractivity contribution in [1.82, 2.24) is 4.90 Å². The maximum Gasteiger partial charge on any atom is 0.278 e. The first-order valence-electron chi connectivity index (χ1n) is 9.22. The molecule has 0 saturated carbocycles. The van der Waals surface area contributed by atoms with Crippen molar-refractivity contribution in [2.75, 3.05) is 30.9 Å². The summed E-state index contributed by atoms with van der Waals surface area (Å²) in [6.45, 7) is 3.83. The van der Waals surface area contributed by atoms with Gasteiger partial charge in [-0.05, 0) is 36.8 Å². The third-order valence-corrected chi connectivity index (χ3v) is 4.50. The Kier molecular flexibility index (Phi) is 6.09. The van der Waals surface area contributed by atoms with Crippen molar-refractivity contribution in [3.05, 3.63) is 65.4 Å². The van der Waals surface area contributed by atoms with Crippen LogP contribution in [-0.4, -0.2) is 42.9 Å². The van der Waals surface area contributed by atoms with Gasteiger partial charge in [0.2, 0.25) is 5.91 Å². The number of imide groups is 1. The lowest BCUT2D eigenvalue weighted by Crippen LogP contribution is -2.35. The highest BCUT2D eigenvalue weighted by Crippen LogP contribution is 2.30. The molecule has 2 aromatic carbocycles. The van der Waals surface area contributed by atoms with Crippen LogP contribution in [0.4, 0.5) is 11.4 Å². The zero-order valence-electron chi connectivity index (χ0n) is 16.6. The number of amides is 3. The van der Waals surface area contributed by atoms with E-state index in [1.54, 1.807) is 24.3 Å². The van der Waals surface area contributed by atoms with E-state index in [4.69, 9.17) is 4.74 Å². The summed E-state index contributed by atoms with van der Waals surface area (Å²) in [6.07, 6.45) is 0. The summed E-state index contributed by atoms with van der Waals surface area (Å²) >= 11 is 0. The Morgan fingerprint density at radius 2 is 1.59 bits per heavy atom. The van der Waals surface area contributed by atoms with Crippen LogP contribution in [0.3, 0.4) is 0 Å². The molecule has 0 unspecified atom stereocenters. The quantitative estimate of drug-likeness (QED) is 0.707. The molecule has 0 atom stereocenters. The van der Waals surface area contributed by atoms with E-state index in [-0.39, 0.29) is 30.7 Å². The lowest BCUT2D eigenvalue weighted by Gasteiger charge is -2.14. The molecule has 0 aliphatic carbocycles. The third-order valence-electron chi connectivity index (χ3n) is 4.50. The molecule has 0 saturated heterocycles. The fraction of sp³-hybridized carbons (Fsp3) is 0.227. The molecular formula is C22H23N3O4. The number of methoxy groups -OCH3 is 1. The summed E-state index contributed by atoms with van der Waals surface area (Å²) in [5, 5.41) is 5.77. The van der Waals surface area contributed by atoms with Crippen LogP contribution in [0.25, 0.3) is 5.57 Å². The van der Waals surface area contributed by atoms with Gasteiger partial charge in [0.05, 0.1) is 18.7 Å². The minimum absolute atomic E-state index is 0.166. The van der Waals surface area contributed by atoms with E-state index >= 15 is 0 Å². The second kappa shape index (κ2) is 8.70. The van der Waals surface area contributed by atoms with Gasteiger partial charge in [-0.15, -0.1) is 0 Å². The fourth-order valence-electron chi connectivity index (χ4n) is 3.05. The Hall–Kier alpha value is -3.45. The normalized spacial score (nSPS) is 13.8. The molecule has 0 radical (unpaired) electrons. The molecule has 3 amide bonds. The number of hydrogen-bond acceptors (Lipinski definition) is 5. The molecule has 7 nitrogen and oxygen atoms in total. The predicted octanol–water partition coefficient (Wildman–Crippen LogP) is 2.79. The molecular weight excluding hydrogens is 370 g/mol. The number of carbonyl (C=O) groups is 3. The van der Waals surface area contributed by atoms with Crippen molar-refractivity contribution >= 4 is 34.7 Å². The highest BCUT2D eigenvalue weighted by atomic mass is 16.5.